The summed E-state index contributed by atoms with van der Waals surface area (Å²) < 4.78 is 49.0. The molecular formula is C17H27NO5S2. The molecule has 1 unspecified atom stereocenters. The van der Waals surface area contributed by atoms with Crippen LogP contribution in [0.5, 0.6) is 0 Å². The van der Waals surface area contributed by atoms with Gasteiger partial charge in [0.25, 0.3) is 0 Å². The van der Waals surface area contributed by atoms with E-state index in [1.54, 1.807) is 24.3 Å². The first kappa shape index (κ1) is 20.4. The van der Waals surface area contributed by atoms with Crippen molar-refractivity contribution in [3.05, 3.63) is 29.8 Å². The highest BCUT2D eigenvalue weighted by Crippen LogP contribution is 2.25. The molecular weight excluding hydrogens is 362 g/mol. The van der Waals surface area contributed by atoms with Crippen LogP contribution in [0, 0.1) is 5.92 Å². The monoisotopic (exact) mass is 389 g/mol. The second kappa shape index (κ2) is 8.16. The van der Waals surface area contributed by atoms with Gasteiger partial charge in [-0.05, 0) is 49.3 Å². The van der Waals surface area contributed by atoms with Crippen molar-refractivity contribution < 1.29 is 21.9 Å². The van der Waals surface area contributed by atoms with E-state index in [9.17, 15) is 21.9 Å². The highest BCUT2D eigenvalue weighted by molar-refractivity contribution is 7.90. The largest absolute Gasteiger partial charge is 0.392 e. The van der Waals surface area contributed by atoms with Crippen molar-refractivity contribution in [2.75, 3.05) is 25.1 Å². The molecule has 142 valence electrons. The number of aliphatic hydroxyl groups excluding tert-OH is 1. The van der Waals surface area contributed by atoms with Crippen LogP contribution in [-0.2, 0) is 26.3 Å². The van der Waals surface area contributed by atoms with Crippen molar-refractivity contribution in [1.82, 2.24) is 4.31 Å². The van der Waals surface area contributed by atoms with Gasteiger partial charge in [-0.25, -0.2) is 21.1 Å². The molecule has 1 aliphatic rings. The number of piperidine rings is 1. The molecule has 1 aromatic rings. The Morgan fingerprint density at radius 3 is 2.40 bits per heavy atom. The Labute approximate surface area is 150 Å². The van der Waals surface area contributed by atoms with Crippen molar-refractivity contribution in [3.63, 3.8) is 0 Å². The molecule has 8 heteroatoms. The lowest BCUT2D eigenvalue weighted by atomic mass is 9.88. The van der Waals surface area contributed by atoms with Gasteiger partial charge in [-0.15, -0.1) is 0 Å². The molecule has 25 heavy (non-hydrogen) atoms. The maximum absolute atomic E-state index is 12.1. The Morgan fingerprint density at radius 2 is 1.84 bits per heavy atom. The highest BCUT2D eigenvalue weighted by Gasteiger charge is 2.30. The zero-order chi connectivity index (χ0) is 18.7. The van der Waals surface area contributed by atoms with Crippen LogP contribution in [-0.4, -0.2) is 57.4 Å². The van der Waals surface area contributed by atoms with Gasteiger partial charge in [0, 0.05) is 19.3 Å². The molecule has 1 fully saturated rings. The minimum absolute atomic E-state index is 0.0231. The van der Waals surface area contributed by atoms with E-state index in [4.69, 9.17) is 0 Å². The molecule has 1 aliphatic heterocycles. The van der Waals surface area contributed by atoms with Gasteiger partial charge < -0.3 is 5.11 Å². The standard InChI is InChI=1S/C17H27NO5S2/c1-3-11-25(22,23)18-9-7-15(8-10-18)17(19)13-14-5-4-6-16(12-14)24(2,20)21/h4-6,12,15,17,19H,3,7-11,13H2,1-2H3. The smallest absolute Gasteiger partial charge is 0.214 e. The summed E-state index contributed by atoms with van der Waals surface area (Å²) in [7, 11) is -6.45. The van der Waals surface area contributed by atoms with Gasteiger partial charge in [0.15, 0.2) is 9.84 Å². The van der Waals surface area contributed by atoms with E-state index in [0.29, 0.717) is 38.8 Å². The van der Waals surface area contributed by atoms with Gasteiger partial charge in [0.05, 0.1) is 16.8 Å². The molecule has 0 spiro atoms. The van der Waals surface area contributed by atoms with E-state index in [0.717, 1.165) is 11.8 Å². The summed E-state index contributed by atoms with van der Waals surface area (Å²) in [6, 6.07) is 6.62. The molecule has 0 aliphatic carbocycles. The topological polar surface area (TPSA) is 91.8 Å². The third-order valence-electron chi connectivity index (χ3n) is 4.67. The molecule has 1 atom stereocenters. The second-order valence-electron chi connectivity index (χ2n) is 6.74. The zero-order valence-electron chi connectivity index (χ0n) is 14.8. The fourth-order valence-corrected chi connectivity index (χ4v) is 5.47. The fraction of sp³-hybridized carbons (Fsp3) is 0.647. The number of hydrogen-bond donors (Lipinski definition) is 1. The van der Waals surface area contributed by atoms with E-state index >= 15 is 0 Å². The first-order valence-corrected chi connectivity index (χ1v) is 12.1. The summed E-state index contributed by atoms with van der Waals surface area (Å²) in [5.41, 5.74) is 0.774. The van der Waals surface area contributed by atoms with Crippen LogP contribution in [0.1, 0.15) is 31.7 Å². The fourth-order valence-electron chi connectivity index (χ4n) is 3.24. The number of rotatable bonds is 7. The van der Waals surface area contributed by atoms with Crippen LogP contribution < -0.4 is 0 Å². The normalized spacial score (nSPS) is 19.0. The Hall–Kier alpha value is -0.960. The predicted octanol–water partition coefficient (Wildman–Crippen LogP) is 1.45. The van der Waals surface area contributed by atoms with Gasteiger partial charge in [-0.3, -0.25) is 0 Å². The summed E-state index contributed by atoms with van der Waals surface area (Å²) in [5.74, 6) is 0.188. The lowest BCUT2D eigenvalue weighted by Gasteiger charge is -2.33. The summed E-state index contributed by atoms with van der Waals surface area (Å²) in [4.78, 5) is 0.248. The van der Waals surface area contributed by atoms with Crippen molar-refractivity contribution in [3.8, 4) is 0 Å². The molecule has 0 amide bonds. The molecule has 1 N–H and O–H groups in total. The molecule has 2 rings (SSSR count). The number of benzene rings is 1. The first-order chi connectivity index (χ1) is 11.6. The lowest BCUT2D eigenvalue weighted by molar-refractivity contribution is 0.0765. The molecule has 0 aromatic heterocycles. The summed E-state index contributed by atoms with van der Waals surface area (Å²) >= 11 is 0. The van der Waals surface area contributed by atoms with Gasteiger partial charge in [-0.2, -0.15) is 0 Å². The Kier molecular flexibility index (Phi) is 6.64. The van der Waals surface area contributed by atoms with Gasteiger partial charge in [-0.1, -0.05) is 19.1 Å². The van der Waals surface area contributed by atoms with Crippen LogP contribution in [0.4, 0.5) is 0 Å². The molecule has 1 aromatic carbocycles. The third-order valence-corrected chi connectivity index (χ3v) is 7.86. The summed E-state index contributed by atoms with van der Waals surface area (Å²) in [6.45, 7) is 2.72. The van der Waals surface area contributed by atoms with Crippen molar-refractivity contribution in [1.29, 1.82) is 0 Å². The van der Waals surface area contributed by atoms with E-state index < -0.39 is 26.0 Å². The number of sulfone groups is 1. The zero-order valence-corrected chi connectivity index (χ0v) is 16.4. The summed E-state index contributed by atoms with van der Waals surface area (Å²) in [5, 5.41) is 10.5. The second-order valence-corrected chi connectivity index (χ2v) is 10.8. The maximum atomic E-state index is 12.1. The van der Waals surface area contributed by atoms with Crippen LogP contribution >= 0.6 is 0 Å². The number of sulfonamides is 1. The number of aliphatic hydroxyl groups is 1. The summed E-state index contributed by atoms with van der Waals surface area (Å²) in [6.07, 6.45) is 2.77. The minimum Gasteiger partial charge on any atom is -0.392 e. The maximum Gasteiger partial charge on any atom is 0.214 e. The van der Waals surface area contributed by atoms with Crippen molar-refractivity contribution in [2.45, 2.75) is 43.6 Å². The average molecular weight is 390 g/mol. The van der Waals surface area contributed by atoms with Gasteiger partial charge >= 0.3 is 0 Å². The number of hydrogen-bond acceptors (Lipinski definition) is 5. The van der Waals surface area contributed by atoms with E-state index in [1.165, 1.54) is 4.31 Å². The highest BCUT2D eigenvalue weighted by atomic mass is 32.2. The van der Waals surface area contributed by atoms with Crippen LogP contribution in [0.15, 0.2) is 29.2 Å². The van der Waals surface area contributed by atoms with Crippen LogP contribution in [0.2, 0.25) is 0 Å². The number of nitrogens with zero attached hydrogens (tertiary/aromatic N) is 1. The van der Waals surface area contributed by atoms with Crippen LogP contribution in [0.3, 0.4) is 0 Å². The lowest BCUT2D eigenvalue weighted by Crippen LogP contribution is -2.42. The van der Waals surface area contributed by atoms with Crippen molar-refractivity contribution >= 4 is 19.9 Å². The quantitative estimate of drug-likeness (QED) is 0.762. The Bertz CT molecular complexity index is 781. The van der Waals surface area contributed by atoms with Crippen LogP contribution in [0.25, 0.3) is 0 Å². The van der Waals surface area contributed by atoms with E-state index in [2.05, 4.69) is 0 Å². The Balaban J connectivity index is 1.96. The van der Waals surface area contributed by atoms with E-state index in [1.807, 2.05) is 6.92 Å². The van der Waals surface area contributed by atoms with E-state index in [-0.39, 0.29) is 16.6 Å². The average Bonchev–Trinajstić information content (AvgIpc) is 2.54. The van der Waals surface area contributed by atoms with Gasteiger partial charge in [0.1, 0.15) is 0 Å². The third kappa shape index (κ3) is 5.51. The van der Waals surface area contributed by atoms with Crippen molar-refractivity contribution in [2.24, 2.45) is 5.92 Å². The minimum atomic E-state index is -3.27. The van der Waals surface area contributed by atoms with Gasteiger partial charge in [0.2, 0.25) is 10.0 Å². The molecule has 0 radical (unpaired) electrons. The molecule has 0 saturated carbocycles. The molecule has 6 nitrogen and oxygen atoms in total. The SMILES string of the molecule is CCCS(=O)(=O)N1CCC(C(O)Cc2cccc(S(C)(=O)=O)c2)CC1. The molecule has 1 saturated heterocycles. The Morgan fingerprint density at radius 1 is 1.20 bits per heavy atom. The molecule has 0 bridgehead atoms. The predicted molar refractivity (Wildman–Crippen MR) is 97.6 cm³/mol. The first-order valence-electron chi connectivity index (χ1n) is 8.58. The molecule has 1 heterocycles.